The second-order valence-corrected chi connectivity index (χ2v) is 5.83. The molecule has 3 nitrogen and oxygen atoms in total. The van der Waals surface area contributed by atoms with Crippen molar-refractivity contribution in [2.75, 3.05) is 0 Å². The van der Waals surface area contributed by atoms with Crippen LogP contribution < -0.4 is 5.32 Å². The van der Waals surface area contributed by atoms with Crippen LogP contribution in [0.5, 0.6) is 0 Å². The number of halogens is 1. The van der Waals surface area contributed by atoms with Crippen molar-refractivity contribution in [1.29, 1.82) is 0 Å². The molecule has 1 saturated heterocycles. The van der Waals surface area contributed by atoms with E-state index in [2.05, 4.69) is 19.2 Å². The largest absolute Gasteiger partial charge is 0.318 e. The smallest absolute Gasteiger partial charge is 0.244 e. The predicted octanol–water partition coefficient (Wildman–Crippen LogP) is 2.98. The topological polar surface area (TPSA) is 32.3 Å². The van der Waals surface area contributed by atoms with E-state index < -0.39 is 5.54 Å². The number of amides is 1. The first-order valence-corrected chi connectivity index (χ1v) is 7.48. The Labute approximate surface area is 119 Å². The normalized spacial score (nSPS) is 23.9. The Morgan fingerprint density at radius 1 is 1.35 bits per heavy atom. The molecule has 1 N–H and O–H groups in total. The number of nitrogens with one attached hydrogen (secondary N) is 1. The van der Waals surface area contributed by atoms with Crippen molar-refractivity contribution in [3.8, 4) is 0 Å². The highest BCUT2D eigenvalue weighted by Crippen LogP contribution is 2.47. The Kier molecular flexibility index (Phi) is 3.28. The Hall–Kier alpha value is -1.42. The van der Waals surface area contributed by atoms with Crippen LogP contribution in [0.3, 0.4) is 0 Å². The Morgan fingerprint density at radius 3 is 2.55 bits per heavy atom. The molecule has 0 aromatic heterocycles. The zero-order valence-electron chi connectivity index (χ0n) is 12.0. The lowest BCUT2D eigenvalue weighted by molar-refractivity contribution is -0.133. The van der Waals surface area contributed by atoms with Crippen LogP contribution in [-0.2, 0) is 4.79 Å². The first-order valence-electron chi connectivity index (χ1n) is 7.48. The van der Waals surface area contributed by atoms with E-state index in [9.17, 15) is 9.18 Å². The molecule has 1 heterocycles. The Morgan fingerprint density at radius 2 is 2.00 bits per heavy atom. The molecule has 108 valence electrons. The summed E-state index contributed by atoms with van der Waals surface area (Å²) in [5, 5.41) is 3.38. The minimum atomic E-state index is -0.407. The molecule has 1 amide bonds. The highest BCUT2D eigenvalue weighted by molar-refractivity contribution is 5.92. The fourth-order valence-corrected chi connectivity index (χ4v) is 3.22. The van der Waals surface area contributed by atoms with Gasteiger partial charge in [0.1, 0.15) is 17.5 Å². The molecule has 1 aliphatic carbocycles. The third-order valence-corrected chi connectivity index (χ3v) is 4.62. The van der Waals surface area contributed by atoms with Crippen LogP contribution in [0.4, 0.5) is 4.39 Å². The van der Waals surface area contributed by atoms with E-state index in [-0.39, 0.29) is 23.9 Å². The van der Waals surface area contributed by atoms with Crippen LogP contribution in [0.2, 0.25) is 0 Å². The molecule has 20 heavy (non-hydrogen) atoms. The van der Waals surface area contributed by atoms with Gasteiger partial charge in [-0.2, -0.15) is 0 Å². The number of carbonyl (C=O) groups excluding carboxylic acids is 1. The molecule has 0 radical (unpaired) electrons. The highest BCUT2D eigenvalue weighted by Gasteiger charge is 2.60. The van der Waals surface area contributed by atoms with Crippen LogP contribution in [0.25, 0.3) is 0 Å². The van der Waals surface area contributed by atoms with Gasteiger partial charge in [0.25, 0.3) is 0 Å². The number of nitrogens with zero attached hydrogens (tertiary/aromatic N) is 1. The molecule has 1 saturated carbocycles. The summed E-state index contributed by atoms with van der Waals surface area (Å²) in [7, 11) is 0. The van der Waals surface area contributed by atoms with E-state index in [0.29, 0.717) is 5.56 Å². The van der Waals surface area contributed by atoms with Gasteiger partial charge in [0.15, 0.2) is 0 Å². The van der Waals surface area contributed by atoms with Gasteiger partial charge in [0.2, 0.25) is 5.91 Å². The second-order valence-electron chi connectivity index (χ2n) is 5.83. The van der Waals surface area contributed by atoms with Crippen molar-refractivity contribution in [3.63, 3.8) is 0 Å². The van der Waals surface area contributed by atoms with Gasteiger partial charge < -0.3 is 4.90 Å². The molecular weight excluding hydrogens is 255 g/mol. The summed E-state index contributed by atoms with van der Waals surface area (Å²) in [5.41, 5.74) is 0.173. The first kappa shape index (κ1) is 13.6. The van der Waals surface area contributed by atoms with E-state index in [1.54, 1.807) is 12.1 Å². The van der Waals surface area contributed by atoms with Crippen molar-refractivity contribution in [3.05, 3.63) is 35.6 Å². The average Bonchev–Trinajstić information content (AvgIpc) is 3.18. The summed E-state index contributed by atoms with van der Waals surface area (Å²) in [4.78, 5) is 14.6. The average molecular weight is 276 g/mol. The van der Waals surface area contributed by atoms with E-state index in [1.807, 2.05) is 11.0 Å². The van der Waals surface area contributed by atoms with Crippen LogP contribution in [-0.4, -0.2) is 22.4 Å². The van der Waals surface area contributed by atoms with Gasteiger partial charge in [-0.3, -0.25) is 10.1 Å². The zero-order chi connectivity index (χ0) is 14.3. The minimum Gasteiger partial charge on any atom is -0.318 e. The predicted molar refractivity (Wildman–Crippen MR) is 75.5 cm³/mol. The summed E-state index contributed by atoms with van der Waals surface area (Å²) in [5.74, 6) is -0.0918. The first-order chi connectivity index (χ1) is 9.63. The number of hydrogen-bond acceptors (Lipinski definition) is 2. The number of carbonyl (C=O) groups is 1. The summed E-state index contributed by atoms with van der Waals surface area (Å²) < 4.78 is 14.1. The summed E-state index contributed by atoms with van der Waals surface area (Å²) >= 11 is 0. The fraction of sp³-hybridized carbons (Fsp3) is 0.562. The standard InChI is InChI=1S/C16H21FN2O/c1-3-11(4-2)19-14(12-7-5-6-8-13(12)17)18-16(9-10-16)15(19)20/h5-8,11,14,18H,3-4,9-10H2,1-2H3. The SMILES string of the molecule is CCC(CC)N1C(=O)C2(CC2)NC1c1ccccc1F. The Balaban J connectivity index is 1.99. The van der Waals surface area contributed by atoms with Crippen LogP contribution in [0, 0.1) is 5.82 Å². The molecule has 4 heteroatoms. The molecule has 2 aliphatic rings. The van der Waals surface area contributed by atoms with Crippen LogP contribution in [0.1, 0.15) is 51.3 Å². The minimum absolute atomic E-state index is 0.152. The summed E-state index contributed by atoms with van der Waals surface area (Å²) in [6, 6.07) is 6.92. The maximum absolute atomic E-state index is 14.1. The number of rotatable bonds is 4. The molecule has 1 aromatic rings. The molecule has 1 spiro atoms. The van der Waals surface area contributed by atoms with E-state index in [4.69, 9.17) is 0 Å². The van der Waals surface area contributed by atoms with Crippen molar-refractivity contribution in [1.82, 2.24) is 10.2 Å². The van der Waals surface area contributed by atoms with Crippen molar-refractivity contribution in [2.45, 2.75) is 57.3 Å². The van der Waals surface area contributed by atoms with E-state index >= 15 is 0 Å². The molecule has 1 unspecified atom stereocenters. The lowest BCUT2D eigenvalue weighted by atomic mass is 10.1. The van der Waals surface area contributed by atoms with Crippen molar-refractivity contribution < 1.29 is 9.18 Å². The molecular formula is C16H21FN2O. The lowest BCUT2D eigenvalue weighted by Crippen LogP contribution is -2.40. The second kappa shape index (κ2) is 4.85. The number of hydrogen-bond donors (Lipinski definition) is 1. The van der Waals surface area contributed by atoms with Crippen molar-refractivity contribution in [2.24, 2.45) is 0 Å². The van der Waals surface area contributed by atoms with Gasteiger partial charge in [-0.25, -0.2) is 4.39 Å². The summed E-state index contributed by atoms with van der Waals surface area (Å²) in [6.45, 7) is 4.16. The summed E-state index contributed by atoms with van der Waals surface area (Å²) in [6.07, 6.45) is 3.20. The van der Waals surface area contributed by atoms with Crippen molar-refractivity contribution >= 4 is 5.91 Å². The zero-order valence-corrected chi connectivity index (χ0v) is 12.0. The van der Waals surface area contributed by atoms with Gasteiger partial charge in [0, 0.05) is 11.6 Å². The van der Waals surface area contributed by atoms with E-state index in [0.717, 1.165) is 25.7 Å². The van der Waals surface area contributed by atoms with Crippen LogP contribution in [0.15, 0.2) is 24.3 Å². The molecule has 0 bridgehead atoms. The molecule has 3 rings (SSSR count). The third kappa shape index (κ3) is 1.94. The maximum Gasteiger partial charge on any atom is 0.244 e. The molecule has 2 fully saturated rings. The quantitative estimate of drug-likeness (QED) is 0.917. The van der Waals surface area contributed by atoms with Gasteiger partial charge in [-0.05, 0) is 31.7 Å². The monoisotopic (exact) mass is 276 g/mol. The molecule has 1 atom stereocenters. The third-order valence-electron chi connectivity index (χ3n) is 4.62. The van der Waals surface area contributed by atoms with Gasteiger partial charge in [-0.1, -0.05) is 32.0 Å². The maximum atomic E-state index is 14.1. The molecule has 1 aromatic carbocycles. The number of benzene rings is 1. The lowest BCUT2D eigenvalue weighted by Gasteiger charge is -2.32. The van der Waals surface area contributed by atoms with Crippen LogP contribution >= 0.6 is 0 Å². The van der Waals surface area contributed by atoms with Gasteiger partial charge in [0.05, 0.1) is 0 Å². The highest BCUT2D eigenvalue weighted by atomic mass is 19.1. The van der Waals surface area contributed by atoms with E-state index in [1.165, 1.54) is 6.07 Å². The van der Waals surface area contributed by atoms with Gasteiger partial charge in [-0.15, -0.1) is 0 Å². The fourth-order valence-electron chi connectivity index (χ4n) is 3.22. The Bertz CT molecular complexity index is 523. The molecule has 1 aliphatic heterocycles. The van der Waals surface area contributed by atoms with Gasteiger partial charge >= 0.3 is 0 Å².